The highest BCUT2D eigenvalue weighted by Gasteiger charge is 2.28. The molecule has 0 saturated heterocycles. The number of anilines is 1. The van der Waals surface area contributed by atoms with Gasteiger partial charge in [-0.1, -0.05) is 12.1 Å². The number of nitrogens with one attached hydrogen (secondary N) is 2. The van der Waals surface area contributed by atoms with Crippen LogP contribution in [0.25, 0.3) is 0 Å². The molecule has 0 aliphatic heterocycles. The summed E-state index contributed by atoms with van der Waals surface area (Å²) >= 11 is 0. The van der Waals surface area contributed by atoms with Gasteiger partial charge in [0.05, 0.1) is 11.5 Å². The third-order valence-corrected chi connectivity index (χ3v) is 3.30. The average molecular weight is 278 g/mol. The number of nitro benzene ring substituents is 1. The van der Waals surface area contributed by atoms with E-state index in [1.165, 1.54) is 6.07 Å². The van der Waals surface area contributed by atoms with E-state index in [1.807, 2.05) is 0 Å². The summed E-state index contributed by atoms with van der Waals surface area (Å²) in [5.41, 5.74) is 6.16. The van der Waals surface area contributed by atoms with Crippen LogP contribution in [0.1, 0.15) is 12.8 Å². The maximum atomic E-state index is 11.6. The first kappa shape index (κ1) is 14.3. The van der Waals surface area contributed by atoms with E-state index in [1.54, 1.807) is 18.2 Å². The lowest BCUT2D eigenvalue weighted by molar-refractivity contribution is -0.383. The van der Waals surface area contributed by atoms with Gasteiger partial charge in [0.1, 0.15) is 5.69 Å². The van der Waals surface area contributed by atoms with E-state index in [-0.39, 0.29) is 24.2 Å². The van der Waals surface area contributed by atoms with Gasteiger partial charge in [0, 0.05) is 18.7 Å². The van der Waals surface area contributed by atoms with Crippen LogP contribution in [0, 0.1) is 16.0 Å². The largest absolute Gasteiger partial charge is 0.371 e. The molecule has 0 spiro atoms. The number of rotatable bonds is 7. The van der Waals surface area contributed by atoms with Gasteiger partial charge in [0.2, 0.25) is 5.91 Å². The van der Waals surface area contributed by atoms with Crippen molar-refractivity contribution in [3.05, 3.63) is 34.4 Å². The molecule has 1 aromatic carbocycles. The van der Waals surface area contributed by atoms with E-state index in [9.17, 15) is 14.9 Å². The molecular weight excluding hydrogens is 260 g/mol. The minimum Gasteiger partial charge on any atom is -0.371 e. The number of carbonyl (C=O) groups is 1. The van der Waals surface area contributed by atoms with Gasteiger partial charge in [-0.05, 0) is 24.8 Å². The second-order valence-corrected chi connectivity index (χ2v) is 4.93. The molecule has 7 nitrogen and oxygen atoms in total. The highest BCUT2D eigenvalue weighted by atomic mass is 16.6. The quantitative estimate of drug-likeness (QED) is 0.506. The van der Waals surface area contributed by atoms with E-state index in [4.69, 9.17) is 5.73 Å². The number of hydrogen-bond donors (Lipinski definition) is 3. The summed E-state index contributed by atoms with van der Waals surface area (Å²) in [6.45, 7) is 0.435. The Morgan fingerprint density at radius 1 is 1.45 bits per heavy atom. The molecule has 2 rings (SSSR count). The Morgan fingerprint density at radius 2 is 2.15 bits per heavy atom. The molecule has 1 unspecified atom stereocenters. The summed E-state index contributed by atoms with van der Waals surface area (Å²) in [5.74, 6) is 0.303. The first-order valence-corrected chi connectivity index (χ1v) is 6.57. The van der Waals surface area contributed by atoms with Gasteiger partial charge in [-0.25, -0.2) is 0 Å². The van der Waals surface area contributed by atoms with Gasteiger partial charge in [0.25, 0.3) is 5.69 Å². The molecule has 0 radical (unpaired) electrons. The first-order chi connectivity index (χ1) is 9.58. The Kier molecular flexibility index (Phi) is 4.52. The van der Waals surface area contributed by atoms with E-state index >= 15 is 0 Å². The molecule has 0 aromatic heterocycles. The van der Waals surface area contributed by atoms with Crippen LogP contribution in [0.2, 0.25) is 0 Å². The van der Waals surface area contributed by atoms with Crippen LogP contribution in [0.15, 0.2) is 24.3 Å². The standard InChI is InChI=1S/C13H18N4O3/c14-10(9-5-6-9)7-16-13(18)8-15-11-3-1-2-4-12(11)17(19)20/h1-4,9-10,15H,5-8,14H2,(H,16,18). The fourth-order valence-corrected chi connectivity index (χ4v) is 1.94. The van der Waals surface area contributed by atoms with Crippen LogP contribution < -0.4 is 16.4 Å². The Morgan fingerprint density at radius 3 is 2.80 bits per heavy atom. The number of para-hydroxylation sites is 2. The Bertz CT molecular complexity index is 502. The fourth-order valence-electron chi connectivity index (χ4n) is 1.94. The lowest BCUT2D eigenvalue weighted by Gasteiger charge is -2.12. The Hall–Kier alpha value is -2.15. The van der Waals surface area contributed by atoms with Crippen molar-refractivity contribution in [2.24, 2.45) is 11.7 Å². The van der Waals surface area contributed by atoms with Crippen molar-refractivity contribution < 1.29 is 9.72 Å². The fraction of sp³-hybridized carbons (Fsp3) is 0.462. The van der Waals surface area contributed by atoms with Crippen molar-refractivity contribution in [3.63, 3.8) is 0 Å². The molecule has 1 atom stereocenters. The van der Waals surface area contributed by atoms with Crippen molar-refractivity contribution in [1.29, 1.82) is 0 Å². The molecule has 20 heavy (non-hydrogen) atoms. The topological polar surface area (TPSA) is 110 Å². The molecule has 4 N–H and O–H groups in total. The number of benzene rings is 1. The maximum absolute atomic E-state index is 11.6. The molecule has 0 heterocycles. The van der Waals surface area contributed by atoms with Crippen LogP contribution in [0.3, 0.4) is 0 Å². The zero-order valence-electron chi connectivity index (χ0n) is 11.0. The number of carbonyl (C=O) groups excluding carboxylic acids is 1. The van der Waals surface area contributed by atoms with Crippen molar-refractivity contribution >= 4 is 17.3 Å². The highest BCUT2D eigenvalue weighted by Crippen LogP contribution is 2.31. The van der Waals surface area contributed by atoms with Gasteiger partial charge in [0.15, 0.2) is 0 Å². The number of hydrogen-bond acceptors (Lipinski definition) is 5. The summed E-state index contributed by atoms with van der Waals surface area (Å²) in [4.78, 5) is 22.0. The highest BCUT2D eigenvalue weighted by molar-refractivity contribution is 5.81. The second kappa shape index (κ2) is 6.33. The molecule has 1 aliphatic carbocycles. The first-order valence-electron chi connectivity index (χ1n) is 6.57. The third-order valence-electron chi connectivity index (χ3n) is 3.30. The van der Waals surface area contributed by atoms with Gasteiger partial charge >= 0.3 is 0 Å². The molecular formula is C13H18N4O3. The van der Waals surface area contributed by atoms with Crippen LogP contribution in [-0.2, 0) is 4.79 Å². The number of nitrogens with two attached hydrogens (primary N) is 1. The van der Waals surface area contributed by atoms with Crippen molar-refractivity contribution in [3.8, 4) is 0 Å². The lowest BCUT2D eigenvalue weighted by atomic mass is 10.2. The Balaban J connectivity index is 1.79. The van der Waals surface area contributed by atoms with E-state index in [0.29, 0.717) is 18.2 Å². The Labute approximate surface area is 116 Å². The van der Waals surface area contributed by atoms with Gasteiger partial charge in [-0.15, -0.1) is 0 Å². The summed E-state index contributed by atoms with van der Waals surface area (Å²) in [5, 5.41) is 16.3. The molecule has 7 heteroatoms. The predicted molar refractivity (Wildman–Crippen MR) is 75.3 cm³/mol. The summed E-state index contributed by atoms with van der Waals surface area (Å²) in [6, 6.07) is 6.23. The van der Waals surface area contributed by atoms with Crippen molar-refractivity contribution in [1.82, 2.24) is 5.32 Å². The zero-order chi connectivity index (χ0) is 14.5. The summed E-state index contributed by atoms with van der Waals surface area (Å²) < 4.78 is 0. The third kappa shape index (κ3) is 3.92. The SMILES string of the molecule is NC(CNC(=O)CNc1ccccc1[N+](=O)[O-])C1CC1. The number of amides is 1. The zero-order valence-corrected chi connectivity index (χ0v) is 11.0. The summed E-state index contributed by atoms with van der Waals surface area (Å²) in [7, 11) is 0. The average Bonchev–Trinajstić information content (AvgIpc) is 3.27. The van der Waals surface area contributed by atoms with Crippen LogP contribution >= 0.6 is 0 Å². The van der Waals surface area contributed by atoms with Gasteiger partial charge in [-0.3, -0.25) is 14.9 Å². The van der Waals surface area contributed by atoms with Gasteiger partial charge < -0.3 is 16.4 Å². The molecule has 1 aromatic rings. The number of nitrogens with zero attached hydrogens (tertiary/aromatic N) is 1. The molecule has 1 fully saturated rings. The maximum Gasteiger partial charge on any atom is 0.292 e. The monoisotopic (exact) mass is 278 g/mol. The van der Waals surface area contributed by atoms with E-state index < -0.39 is 4.92 Å². The van der Waals surface area contributed by atoms with Crippen LogP contribution in [-0.4, -0.2) is 30.0 Å². The minimum atomic E-state index is -0.483. The van der Waals surface area contributed by atoms with Gasteiger partial charge in [-0.2, -0.15) is 0 Å². The number of nitro groups is 1. The smallest absolute Gasteiger partial charge is 0.292 e. The van der Waals surface area contributed by atoms with E-state index in [2.05, 4.69) is 10.6 Å². The normalized spacial score (nSPS) is 15.4. The predicted octanol–water partition coefficient (Wildman–Crippen LogP) is 0.860. The van der Waals surface area contributed by atoms with Crippen molar-refractivity contribution in [2.75, 3.05) is 18.4 Å². The minimum absolute atomic E-state index is 0.00464. The molecule has 1 saturated carbocycles. The molecule has 1 aliphatic rings. The second-order valence-electron chi connectivity index (χ2n) is 4.93. The summed E-state index contributed by atoms with van der Waals surface area (Å²) in [6.07, 6.45) is 2.26. The van der Waals surface area contributed by atoms with E-state index in [0.717, 1.165) is 12.8 Å². The lowest BCUT2D eigenvalue weighted by Crippen LogP contribution is -2.40. The van der Waals surface area contributed by atoms with Crippen molar-refractivity contribution in [2.45, 2.75) is 18.9 Å². The van der Waals surface area contributed by atoms with Crippen LogP contribution in [0.5, 0.6) is 0 Å². The molecule has 0 bridgehead atoms. The molecule has 1 amide bonds. The molecule has 108 valence electrons. The van der Waals surface area contributed by atoms with Crippen LogP contribution in [0.4, 0.5) is 11.4 Å².